The van der Waals surface area contributed by atoms with E-state index in [1.165, 1.54) is 6.92 Å². The molecule has 110 valence electrons. The predicted octanol–water partition coefficient (Wildman–Crippen LogP) is 2.60. The lowest BCUT2D eigenvalue weighted by atomic mass is 10.1. The third kappa shape index (κ3) is 4.92. The summed E-state index contributed by atoms with van der Waals surface area (Å²) in [5.41, 5.74) is 2.47. The van der Waals surface area contributed by atoms with Gasteiger partial charge in [0.1, 0.15) is 0 Å². The number of rotatable bonds is 4. The van der Waals surface area contributed by atoms with Gasteiger partial charge in [0.15, 0.2) is 5.78 Å². The van der Waals surface area contributed by atoms with Crippen molar-refractivity contribution in [2.75, 3.05) is 6.54 Å². The highest BCUT2D eigenvalue weighted by Crippen LogP contribution is 2.03. The molecule has 0 aliphatic heterocycles. The van der Waals surface area contributed by atoms with Crippen LogP contribution in [0.15, 0.2) is 54.6 Å². The van der Waals surface area contributed by atoms with E-state index in [4.69, 9.17) is 0 Å². The molecule has 0 atom stereocenters. The summed E-state index contributed by atoms with van der Waals surface area (Å²) in [6.45, 7) is 1.84. The first kappa shape index (κ1) is 15.5. The molecule has 0 aliphatic carbocycles. The van der Waals surface area contributed by atoms with Crippen molar-refractivity contribution >= 4 is 11.7 Å². The molecule has 2 rings (SSSR count). The first-order chi connectivity index (χ1) is 10.6. The fourth-order valence-corrected chi connectivity index (χ4v) is 1.92. The number of carbonyl (C=O) groups excluding carboxylic acids is 2. The highest BCUT2D eigenvalue weighted by atomic mass is 16.1. The molecule has 0 fully saturated rings. The van der Waals surface area contributed by atoms with Crippen LogP contribution in [0.25, 0.3) is 0 Å². The zero-order chi connectivity index (χ0) is 15.8. The number of nitrogens with one attached hydrogen (secondary N) is 1. The van der Waals surface area contributed by atoms with Crippen LogP contribution in [0, 0.1) is 11.8 Å². The van der Waals surface area contributed by atoms with Gasteiger partial charge in [0.05, 0.1) is 13.0 Å². The van der Waals surface area contributed by atoms with Gasteiger partial charge in [0.25, 0.3) is 0 Å². The average Bonchev–Trinajstić information content (AvgIpc) is 2.53. The van der Waals surface area contributed by atoms with Gasteiger partial charge < -0.3 is 5.32 Å². The third-order valence-corrected chi connectivity index (χ3v) is 3.11. The molecule has 3 nitrogen and oxygen atoms in total. The van der Waals surface area contributed by atoms with Crippen molar-refractivity contribution in [1.29, 1.82) is 0 Å². The number of ketones is 1. The van der Waals surface area contributed by atoms with Gasteiger partial charge >= 0.3 is 0 Å². The van der Waals surface area contributed by atoms with Crippen molar-refractivity contribution in [2.24, 2.45) is 0 Å². The summed E-state index contributed by atoms with van der Waals surface area (Å²) < 4.78 is 0. The normalized spacial score (nSPS) is 9.50. The molecule has 0 heterocycles. The van der Waals surface area contributed by atoms with Gasteiger partial charge in [0.2, 0.25) is 5.91 Å². The van der Waals surface area contributed by atoms with Gasteiger partial charge in [-0.15, -0.1) is 0 Å². The lowest BCUT2D eigenvalue weighted by Gasteiger charge is -2.01. The molecule has 0 unspecified atom stereocenters. The van der Waals surface area contributed by atoms with Crippen LogP contribution in [-0.2, 0) is 11.2 Å². The summed E-state index contributed by atoms with van der Waals surface area (Å²) in [7, 11) is 0. The summed E-state index contributed by atoms with van der Waals surface area (Å²) in [5.74, 6) is 5.84. The molecule has 2 aromatic carbocycles. The highest BCUT2D eigenvalue weighted by molar-refractivity contribution is 5.94. The number of Topliss-reactive ketones (excluding diaryl/α,β-unsaturated/α-hetero) is 1. The predicted molar refractivity (Wildman–Crippen MR) is 86.5 cm³/mol. The Balaban J connectivity index is 1.81. The number of hydrogen-bond donors (Lipinski definition) is 1. The number of carbonyl (C=O) groups is 2. The quantitative estimate of drug-likeness (QED) is 0.695. The molecule has 22 heavy (non-hydrogen) atoms. The van der Waals surface area contributed by atoms with Gasteiger partial charge in [-0.2, -0.15) is 0 Å². The SMILES string of the molecule is CC(=O)c1ccc(C#CCNC(=O)Cc2ccccc2)cc1. The Kier molecular flexibility index (Phi) is 5.50. The van der Waals surface area contributed by atoms with Crippen LogP contribution < -0.4 is 5.32 Å². The van der Waals surface area contributed by atoms with Crippen LogP contribution in [0.4, 0.5) is 0 Å². The molecule has 0 saturated carbocycles. The van der Waals surface area contributed by atoms with Crippen LogP contribution in [0.2, 0.25) is 0 Å². The minimum absolute atomic E-state index is 0.0349. The van der Waals surface area contributed by atoms with Gasteiger partial charge in [-0.25, -0.2) is 0 Å². The molecule has 1 amide bonds. The molecule has 1 N–H and O–H groups in total. The molecule has 3 heteroatoms. The van der Waals surface area contributed by atoms with E-state index in [2.05, 4.69) is 17.2 Å². The van der Waals surface area contributed by atoms with Gasteiger partial charge in [-0.05, 0) is 24.6 Å². The second-order valence-electron chi connectivity index (χ2n) is 4.87. The van der Waals surface area contributed by atoms with Gasteiger partial charge in [-0.3, -0.25) is 9.59 Å². The molecular weight excluding hydrogens is 274 g/mol. The van der Waals surface area contributed by atoms with Gasteiger partial charge in [0, 0.05) is 11.1 Å². The molecular formula is C19H17NO2. The van der Waals surface area contributed by atoms with E-state index < -0.39 is 0 Å². The first-order valence-corrected chi connectivity index (χ1v) is 7.05. The van der Waals surface area contributed by atoms with E-state index in [-0.39, 0.29) is 11.7 Å². The van der Waals surface area contributed by atoms with Crippen molar-refractivity contribution in [3.63, 3.8) is 0 Å². The Morgan fingerprint density at radius 3 is 2.32 bits per heavy atom. The van der Waals surface area contributed by atoms with Crippen LogP contribution in [0.5, 0.6) is 0 Å². The van der Waals surface area contributed by atoms with Crippen molar-refractivity contribution in [3.8, 4) is 11.8 Å². The standard InChI is InChI=1S/C19H17NO2/c1-15(21)18-11-9-16(10-12-18)8-5-13-20-19(22)14-17-6-3-2-4-7-17/h2-4,6-7,9-12H,13-14H2,1H3,(H,20,22). The number of amides is 1. The van der Waals surface area contributed by atoms with Crippen molar-refractivity contribution in [1.82, 2.24) is 5.32 Å². The summed E-state index contributed by atoms with van der Waals surface area (Å²) in [6, 6.07) is 16.7. The van der Waals surface area contributed by atoms with E-state index in [0.29, 0.717) is 18.5 Å². The molecule has 0 bridgehead atoms. The van der Waals surface area contributed by atoms with Crippen molar-refractivity contribution < 1.29 is 9.59 Å². The summed E-state index contributed by atoms with van der Waals surface area (Å²) >= 11 is 0. The van der Waals surface area contributed by atoms with E-state index in [1.54, 1.807) is 24.3 Å². The van der Waals surface area contributed by atoms with E-state index in [9.17, 15) is 9.59 Å². The molecule has 0 radical (unpaired) electrons. The average molecular weight is 291 g/mol. The third-order valence-electron chi connectivity index (χ3n) is 3.11. The smallest absolute Gasteiger partial charge is 0.225 e. The van der Waals surface area contributed by atoms with Crippen LogP contribution >= 0.6 is 0 Å². The number of hydrogen-bond acceptors (Lipinski definition) is 2. The Hall–Kier alpha value is -2.86. The molecule has 0 spiro atoms. The molecule has 0 aromatic heterocycles. The summed E-state index contributed by atoms with van der Waals surface area (Å²) in [5, 5.41) is 2.76. The van der Waals surface area contributed by atoms with E-state index >= 15 is 0 Å². The Labute approximate surface area is 130 Å². The lowest BCUT2D eigenvalue weighted by molar-refractivity contribution is -0.120. The fourth-order valence-electron chi connectivity index (χ4n) is 1.92. The minimum atomic E-state index is -0.0487. The van der Waals surface area contributed by atoms with E-state index in [1.807, 2.05) is 30.3 Å². The Morgan fingerprint density at radius 1 is 1.00 bits per heavy atom. The van der Waals surface area contributed by atoms with Crippen molar-refractivity contribution in [2.45, 2.75) is 13.3 Å². The second-order valence-corrected chi connectivity index (χ2v) is 4.87. The van der Waals surface area contributed by atoms with Crippen LogP contribution in [-0.4, -0.2) is 18.2 Å². The Bertz CT molecular complexity index is 707. The zero-order valence-corrected chi connectivity index (χ0v) is 12.4. The second kappa shape index (κ2) is 7.80. The van der Waals surface area contributed by atoms with Gasteiger partial charge in [-0.1, -0.05) is 54.3 Å². The maximum absolute atomic E-state index is 11.7. The maximum Gasteiger partial charge on any atom is 0.225 e. The molecule has 2 aromatic rings. The monoisotopic (exact) mass is 291 g/mol. The lowest BCUT2D eigenvalue weighted by Crippen LogP contribution is -2.25. The van der Waals surface area contributed by atoms with E-state index in [0.717, 1.165) is 11.1 Å². The first-order valence-electron chi connectivity index (χ1n) is 7.05. The minimum Gasteiger partial charge on any atom is -0.345 e. The fraction of sp³-hybridized carbons (Fsp3) is 0.158. The molecule has 0 saturated heterocycles. The number of benzene rings is 2. The van der Waals surface area contributed by atoms with Crippen LogP contribution in [0.1, 0.15) is 28.4 Å². The van der Waals surface area contributed by atoms with Crippen LogP contribution in [0.3, 0.4) is 0 Å². The highest BCUT2D eigenvalue weighted by Gasteiger charge is 2.00. The topological polar surface area (TPSA) is 46.2 Å². The van der Waals surface area contributed by atoms with Crippen molar-refractivity contribution in [3.05, 3.63) is 71.3 Å². The molecule has 0 aliphatic rings. The Morgan fingerprint density at radius 2 is 1.68 bits per heavy atom. The summed E-state index contributed by atoms with van der Waals surface area (Å²) in [4.78, 5) is 22.9. The zero-order valence-electron chi connectivity index (χ0n) is 12.4. The maximum atomic E-state index is 11.7. The summed E-state index contributed by atoms with van der Waals surface area (Å²) in [6.07, 6.45) is 0.357. The largest absolute Gasteiger partial charge is 0.345 e.